The van der Waals surface area contributed by atoms with Crippen LogP contribution in [-0.4, -0.2) is 4.57 Å². The number of hydrogen-bond donors (Lipinski definition) is 1. The molecule has 1 N–H and O–H groups in total. The van der Waals surface area contributed by atoms with Gasteiger partial charge in [0.25, 0.3) is 0 Å². The highest BCUT2D eigenvalue weighted by atomic mass is 32.1. The van der Waals surface area contributed by atoms with E-state index in [1.54, 1.807) is 0 Å². The summed E-state index contributed by atoms with van der Waals surface area (Å²) in [7, 11) is 0. The summed E-state index contributed by atoms with van der Waals surface area (Å²) in [6.45, 7) is 4.65. The highest BCUT2D eigenvalue weighted by Crippen LogP contribution is 2.49. The maximum atomic E-state index is 3.71. The van der Waals surface area contributed by atoms with Crippen LogP contribution < -0.4 is 5.32 Å². The van der Waals surface area contributed by atoms with E-state index >= 15 is 0 Å². The van der Waals surface area contributed by atoms with E-state index < -0.39 is 0 Å². The van der Waals surface area contributed by atoms with Crippen LogP contribution in [-0.2, 0) is 5.41 Å². The van der Waals surface area contributed by atoms with Crippen molar-refractivity contribution in [2.75, 3.05) is 5.32 Å². The first-order chi connectivity index (χ1) is 25.5. The van der Waals surface area contributed by atoms with Crippen LogP contribution in [0.25, 0.3) is 65.1 Å². The summed E-state index contributed by atoms with van der Waals surface area (Å²) in [5, 5.41) is 6.18. The number of nitrogens with one attached hydrogen (secondary N) is 1. The minimum atomic E-state index is -0.0326. The summed E-state index contributed by atoms with van der Waals surface area (Å²) in [4.78, 5) is 2.55. The van der Waals surface area contributed by atoms with E-state index in [4.69, 9.17) is 0 Å². The van der Waals surface area contributed by atoms with Gasteiger partial charge in [0.15, 0.2) is 0 Å². The first-order valence-corrected chi connectivity index (χ1v) is 18.7. The van der Waals surface area contributed by atoms with Crippen LogP contribution in [0.4, 0.5) is 11.4 Å². The van der Waals surface area contributed by atoms with Crippen LogP contribution >= 0.6 is 11.3 Å². The Hall–Kier alpha value is -6.25. The lowest BCUT2D eigenvalue weighted by Gasteiger charge is -2.20. The molecule has 10 rings (SSSR count). The summed E-state index contributed by atoms with van der Waals surface area (Å²) in [5.41, 5.74) is 16.0. The maximum Gasteiger partial charge on any atom is 0.111 e. The molecule has 6 aromatic carbocycles. The molecule has 0 spiro atoms. The molecule has 2 aliphatic carbocycles. The molecule has 0 bridgehead atoms. The Morgan fingerprint density at radius 3 is 2.02 bits per heavy atom. The molecule has 0 atom stereocenters. The summed E-state index contributed by atoms with van der Waals surface area (Å²) >= 11 is 1.84. The molecule has 52 heavy (non-hydrogen) atoms. The van der Waals surface area contributed by atoms with Gasteiger partial charge in [-0.05, 0) is 121 Å². The molecule has 0 fully saturated rings. The van der Waals surface area contributed by atoms with E-state index in [-0.39, 0.29) is 5.41 Å². The average molecular weight is 684 g/mol. The minimum absolute atomic E-state index is 0.0326. The number of aromatic nitrogens is 1. The van der Waals surface area contributed by atoms with Crippen molar-refractivity contribution in [1.29, 1.82) is 0 Å². The summed E-state index contributed by atoms with van der Waals surface area (Å²) in [6, 6.07) is 55.2. The first kappa shape index (κ1) is 30.6. The van der Waals surface area contributed by atoms with E-state index in [1.165, 1.54) is 76.1 Å². The topological polar surface area (TPSA) is 17.0 Å². The van der Waals surface area contributed by atoms with Crippen molar-refractivity contribution >= 4 is 50.1 Å². The van der Waals surface area contributed by atoms with E-state index in [1.807, 2.05) is 17.4 Å². The largest absolute Gasteiger partial charge is 0.356 e. The number of nitrogens with zero attached hydrogens (tertiary/aromatic N) is 1. The summed E-state index contributed by atoms with van der Waals surface area (Å²) in [6.07, 6.45) is 9.66. The average Bonchev–Trinajstić information content (AvgIpc) is 3.88. The van der Waals surface area contributed by atoms with E-state index in [9.17, 15) is 0 Å². The van der Waals surface area contributed by atoms with Crippen LogP contribution in [0.5, 0.6) is 0 Å². The van der Waals surface area contributed by atoms with Gasteiger partial charge in [-0.3, -0.25) is 0 Å². The Bertz CT molecular complexity index is 2750. The zero-order valence-corrected chi connectivity index (χ0v) is 29.8. The van der Waals surface area contributed by atoms with Crippen LogP contribution in [0.2, 0.25) is 0 Å². The first-order valence-electron chi connectivity index (χ1n) is 17.8. The molecular formula is C49H35N2S+. The zero-order valence-electron chi connectivity index (χ0n) is 29.0. The predicted molar refractivity (Wildman–Crippen MR) is 222 cm³/mol. The van der Waals surface area contributed by atoms with Gasteiger partial charge in [0.1, 0.15) is 12.2 Å². The van der Waals surface area contributed by atoms with E-state index in [0.717, 1.165) is 17.1 Å². The lowest BCUT2D eigenvalue weighted by molar-refractivity contribution is 0.654. The lowest BCUT2D eigenvalue weighted by atomic mass is 9.80. The van der Waals surface area contributed by atoms with Gasteiger partial charge in [-0.25, -0.2) is 0 Å². The fourth-order valence-electron chi connectivity index (χ4n) is 8.09. The molecule has 0 amide bonds. The van der Waals surface area contributed by atoms with Crippen molar-refractivity contribution in [3.8, 4) is 37.7 Å². The minimum Gasteiger partial charge on any atom is -0.356 e. The van der Waals surface area contributed by atoms with Gasteiger partial charge >= 0.3 is 0 Å². The SMILES string of the molecule is CC1(C)C2=C(C=[C+]C=C2)c2ccc(-c3ccc(Nc4ccc5c(c4)c4cc(-c6ccc(-c7ccccc7)s6)ccc4n5-c4ccccc4)cc3)cc21. The van der Waals surface area contributed by atoms with E-state index in [0.29, 0.717) is 0 Å². The second-order valence-electron chi connectivity index (χ2n) is 14.2. The van der Waals surface area contributed by atoms with Gasteiger partial charge < -0.3 is 9.88 Å². The highest BCUT2D eigenvalue weighted by Gasteiger charge is 2.41. The number of fused-ring (bicyclic) bond motifs is 5. The molecule has 0 saturated carbocycles. The smallest absolute Gasteiger partial charge is 0.111 e. The number of rotatable bonds is 6. The second-order valence-corrected chi connectivity index (χ2v) is 15.3. The van der Waals surface area contributed by atoms with Crippen molar-refractivity contribution in [3.63, 3.8) is 0 Å². The number of anilines is 2. The summed E-state index contributed by atoms with van der Waals surface area (Å²) < 4.78 is 2.38. The molecule has 0 unspecified atom stereocenters. The van der Waals surface area contributed by atoms with E-state index in [2.05, 4.69) is 194 Å². The molecule has 0 saturated heterocycles. The molecule has 2 aliphatic rings. The van der Waals surface area contributed by atoms with Crippen LogP contribution in [0.3, 0.4) is 0 Å². The van der Waals surface area contributed by atoms with Gasteiger partial charge in [0.2, 0.25) is 0 Å². The molecular weight excluding hydrogens is 649 g/mol. The van der Waals surface area contributed by atoms with Crippen LogP contribution in [0.15, 0.2) is 175 Å². The third-order valence-electron chi connectivity index (χ3n) is 10.8. The van der Waals surface area contributed by atoms with Gasteiger partial charge in [0, 0.05) is 54.6 Å². The fraction of sp³-hybridized carbons (Fsp3) is 0.0612. The van der Waals surface area contributed by atoms with Gasteiger partial charge in [-0.15, -0.1) is 11.3 Å². The molecule has 0 radical (unpaired) electrons. The van der Waals surface area contributed by atoms with Crippen molar-refractivity contribution in [3.05, 3.63) is 193 Å². The van der Waals surface area contributed by atoms with Crippen molar-refractivity contribution in [1.82, 2.24) is 4.57 Å². The standard InChI is InChI=1S/C49H35N2S/c1-49(2)43-16-10-9-15-39(43)40-24-19-34(30-44(40)49)32-17-21-36(22-18-32)50-37-23-26-46-42(31-37)41-29-35(20-25-45(41)51(46)38-13-7-4-8-14-38)48-28-27-47(52-48)33-11-5-3-6-12-33/h3-8,10-31,50H,1-2H3/q+1. The monoisotopic (exact) mass is 683 g/mol. The molecule has 2 heterocycles. The predicted octanol–water partition coefficient (Wildman–Crippen LogP) is 13.6. The van der Waals surface area contributed by atoms with Gasteiger partial charge in [-0.2, -0.15) is 0 Å². The number of thiophene rings is 1. The zero-order chi connectivity index (χ0) is 34.8. The molecule has 8 aromatic rings. The van der Waals surface area contributed by atoms with Crippen molar-refractivity contribution < 1.29 is 0 Å². The lowest BCUT2D eigenvalue weighted by Crippen LogP contribution is -2.16. The fourth-order valence-corrected chi connectivity index (χ4v) is 9.10. The van der Waals surface area contributed by atoms with Crippen LogP contribution in [0, 0.1) is 6.08 Å². The van der Waals surface area contributed by atoms with Crippen LogP contribution in [0.1, 0.15) is 25.0 Å². The Kier molecular flexibility index (Phi) is 7.01. The van der Waals surface area contributed by atoms with Gasteiger partial charge in [-0.1, -0.05) is 72.8 Å². The quantitative estimate of drug-likeness (QED) is 0.173. The van der Waals surface area contributed by atoms with Crippen molar-refractivity contribution in [2.24, 2.45) is 0 Å². The Morgan fingerprint density at radius 2 is 1.23 bits per heavy atom. The summed E-state index contributed by atoms with van der Waals surface area (Å²) in [5.74, 6) is 0. The maximum absolute atomic E-state index is 3.71. The Balaban J connectivity index is 0.992. The van der Waals surface area contributed by atoms with Gasteiger partial charge in [0.05, 0.1) is 28.3 Å². The number of benzene rings is 6. The normalized spacial score (nSPS) is 14.1. The molecule has 0 aliphatic heterocycles. The second kappa shape index (κ2) is 11.9. The highest BCUT2D eigenvalue weighted by molar-refractivity contribution is 7.18. The number of hydrogen-bond acceptors (Lipinski definition) is 2. The number of para-hydroxylation sites is 1. The Morgan fingerprint density at radius 1 is 0.577 bits per heavy atom. The Labute approximate surface area is 308 Å². The third kappa shape index (κ3) is 4.98. The molecule has 3 heteroatoms. The van der Waals surface area contributed by atoms with Crippen molar-refractivity contribution in [2.45, 2.75) is 19.3 Å². The molecule has 246 valence electrons. The molecule has 2 nitrogen and oxygen atoms in total. The number of allylic oxidation sites excluding steroid dienone is 6. The molecule has 2 aromatic heterocycles. The third-order valence-corrected chi connectivity index (χ3v) is 11.9.